The molecule has 0 radical (unpaired) electrons. The van der Waals surface area contributed by atoms with Crippen LogP contribution in [0, 0.1) is 12.7 Å². The lowest BCUT2D eigenvalue weighted by atomic mass is 10.2. The highest BCUT2D eigenvalue weighted by molar-refractivity contribution is 9.10. The molecule has 6 heteroatoms. The highest BCUT2D eigenvalue weighted by Crippen LogP contribution is 2.23. The highest BCUT2D eigenvalue weighted by atomic mass is 79.9. The molecule has 0 saturated heterocycles. The minimum atomic E-state index is -0.546. The molecule has 2 aromatic rings. The van der Waals surface area contributed by atoms with Crippen LogP contribution in [0.5, 0.6) is 0 Å². The first-order chi connectivity index (χ1) is 8.06. The molecular weight excluding hydrogens is 308 g/mol. The zero-order chi connectivity index (χ0) is 12.4. The van der Waals surface area contributed by atoms with Crippen LogP contribution in [0.2, 0.25) is 5.28 Å². The molecule has 2 rings (SSSR count). The molecule has 0 fully saturated rings. The molecule has 1 aromatic carbocycles. The molecule has 88 valence electrons. The number of nitrogens with one attached hydrogen (secondary N) is 1. The molecule has 1 N–H and O–H groups in total. The second-order valence-corrected chi connectivity index (χ2v) is 4.62. The third-order valence-corrected chi connectivity index (χ3v) is 3.21. The number of aromatic nitrogens is 2. The number of nitrogens with zero attached hydrogens (tertiary/aromatic N) is 2. The molecule has 1 heterocycles. The number of rotatable bonds is 2. The van der Waals surface area contributed by atoms with Gasteiger partial charge in [-0.05, 0) is 42.3 Å². The van der Waals surface area contributed by atoms with Gasteiger partial charge in [-0.1, -0.05) is 15.9 Å². The van der Waals surface area contributed by atoms with E-state index in [1.54, 1.807) is 0 Å². The Hall–Kier alpha value is -1.20. The lowest BCUT2D eigenvalue weighted by Gasteiger charge is -2.08. The van der Waals surface area contributed by atoms with E-state index in [1.807, 2.05) is 25.1 Å². The van der Waals surface area contributed by atoms with Gasteiger partial charge in [-0.25, -0.2) is 9.37 Å². The van der Waals surface area contributed by atoms with Crippen LogP contribution in [-0.4, -0.2) is 9.97 Å². The molecule has 17 heavy (non-hydrogen) atoms. The predicted octanol–water partition coefficient (Wildman–Crippen LogP) is 4.08. The summed E-state index contributed by atoms with van der Waals surface area (Å²) < 4.78 is 14.4. The minimum Gasteiger partial charge on any atom is -0.338 e. The van der Waals surface area contributed by atoms with Gasteiger partial charge in [-0.2, -0.15) is 4.98 Å². The van der Waals surface area contributed by atoms with Crippen molar-refractivity contribution in [2.45, 2.75) is 6.92 Å². The first-order valence-corrected chi connectivity index (χ1v) is 5.94. The third kappa shape index (κ3) is 2.92. The van der Waals surface area contributed by atoms with Gasteiger partial charge in [0.25, 0.3) is 0 Å². The van der Waals surface area contributed by atoms with Crippen molar-refractivity contribution in [2.75, 3.05) is 5.32 Å². The van der Waals surface area contributed by atoms with Gasteiger partial charge >= 0.3 is 0 Å². The third-order valence-electron chi connectivity index (χ3n) is 2.14. The van der Waals surface area contributed by atoms with Crippen molar-refractivity contribution < 1.29 is 4.39 Å². The van der Waals surface area contributed by atoms with E-state index in [0.29, 0.717) is 0 Å². The second kappa shape index (κ2) is 4.98. The summed E-state index contributed by atoms with van der Waals surface area (Å²) in [6.45, 7) is 1.94. The van der Waals surface area contributed by atoms with Gasteiger partial charge in [-0.15, -0.1) is 0 Å². The van der Waals surface area contributed by atoms with E-state index in [9.17, 15) is 4.39 Å². The van der Waals surface area contributed by atoms with E-state index in [-0.39, 0.29) is 11.1 Å². The van der Waals surface area contributed by atoms with Gasteiger partial charge in [-0.3, -0.25) is 0 Å². The van der Waals surface area contributed by atoms with Crippen LogP contribution >= 0.6 is 27.5 Å². The molecule has 3 nitrogen and oxygen atoms in total. The van der Waals surface area contributed by atoms with Crippen molar-refractivity contribution in [1.29, 1.82) is 0 Å². The Balaban J connectivity index is 2.31. The maximum Gasteiger partial charge on any atom is 0.224 e. The summed E-state index contributed by atoms with van der Waals surface area (Å²) in [5.74, 6) is -0.485. The number of aryl methyl sites for hydroxylation is 1. The largest absolute Gasteiger partial charge is 0.338 e. The number of anilines is 2. The smallest absolute Gasteiger partial charge is 0.224 e. The summed E-state index contributed by atoms with van der Waals surface area (Å²) in [7, 11) is 0. The molecule has 0 spiro atoms. The zero-order valence-electron chi connectivity index (χ0n) is 8.84. The lowest BCUT2D eigenvalue weighted by molar-refractivity contribution is 0.619. The van der Waals surface area contributed by atoms with Gasteiger partial charge in [0.05, 0.1) is 6.20 Å². The summed E-state index contributed by atoms with van der Waals surface area (Å²) >= 11 is 9.00. The normalized spacial score (nSPS) is 10.4. The van der Waals surface area contributed by atoms with Crippen molar-refractivity contribution in [1.82, 2.24) is 9.97 Å². The first kappa shape index (κ1) is 12.3. The standard InChI is InChI=1S/C11H8BrClFN3/c1-6-4-7(2-3-8(6)12)16-10-9(14)5-15-11(13)17-10/h2-5H,1H3,(H,15,16,17). The Morgan fingerprint density at radius 1 is 1.41 bits per heavy atom. The molecular formula is C11H8BrClFN3. The van der Waals surface area contributed by atoms with E-state index in [4.69, 9.17) is 11.6 Å². The highest BCUT2D eigenvalue weighted by Gasteiger charge is 2.06. The quantitative estimate of drug-likeness (QED) is 0.848. The summed E-state index contributed by atoms with van der Waals surface area (Å²) in [5.41, 5.74) is 1.77. The van der Waals surface area contributed by atoms with Crippen LogP contribution in [0.3, 0.4) is 0 Å². The maximum absolute atomic E-state index is 13.4. The second-order valence-electron chi connectivity index (χ2n) is 3.42. The fourth-order valence-corrected chi connectivity index (χ4v) is 1.67. The van der Waals surface area contributed by atoms with E-state index < -0.39 is 5.82 Å². The summed E-state index contributed by atoms with van der Waals surface area (Å²) in [6, 6.07) is 5.56. The summed E-state index contributed by atoms with van der Waals surface area (Å²) in [6.07, 6.45) is 1.03. The summed E-state index contributed by atoms with van der Waals surface area (Å²) in [5, 5.41) is 2.85. The van der Waals surface area contributed by atoms with Crippen molar-refractivity contribution in [3.05, 3.63) is 45.5 Å². The molecule has 1 aromatic heterocycles. The summed E-state index contributed by atoms with van der Waals surface area (Å²) in [4.78, 5) is 7.32. The van der Waals surface area contributed by atoms with Crippen molar-refractivity contribution in [3.63, 3.8) is 0 Å². The van der Waals surface area contributed by atoms with E-state index in [1.165, 1.54) is 0 Å². The molecule has 0 amide bonds. The Morgan fingerprint density at radius 3 is 2.88 bits per heavy atom. The zero-order valence-corrected chi connectivity index (χ0v) is 11.2. The van der Waals surface area contributed by atoms with Crippen LogP contribution < -0.4 is 5.32 Å². The maximum atomic E-state index is 13.4. The topological polar surface area (TPSA) is 37.8 Å². The number of benzene rings is 1. The Labute approximate surface area is 111 Å². The van der Waals surface area contributed by atoms with E-state index in [0.717, 1.165) is 21.9 Å². The van der Waals surface area contributed by atoms with Crippen molar-refractivity contribution in [2.24, 2.45) is 0 Å². The van der Waals surface area contributed by atoms with Crippen molar-refractivity contribution in [3.8, 4) is 0 Å². The van der Waals surface area contributed by atoms with E-state index in [2.05, 4.69) is 31.2 Å². The van der Waals surface area contributed by atoms with E-state index >= 15 is 0 Å². The minimum absolute atomic E-state index is 0.00253. The SMILES string of the molecule is Cc1cc(Nc2nc(Cl)ncc2F)ccc1Br. The van der Waals surface area contributed by atoms with Crippen LogP contribution in [0.1, 0.15) is 5.56 Å². The number of hydrogen-bond acceptors (Lipinski definition) is 3. The Morgan fingerprint density at radius 2 is 2.18 bits per heavy atom. The van der Waals surface area contributed by atoms with Gasteiger partial charge < -0.3 is 5.32 Å². The lowest BCUT2D eigenvalue weighted by Crippen LogP contribution is -1.99. The van der Waals surface area contributed by atoms with Crippen LogP contribution in [0.25, 0.3) is 0 Å². The van der Waals surface area contributed by atoms with Crippen LogP contribution in [0.4, 0.5) is 15.9 Å². The monoisotopic (exact) mass is 315 g/mol. The molecule has 0 aliphatic heterocycles. The predicted molar refractivity (Wildman–Crippen MR) is 69.2 cm³/mol. The fraction of sp³-hybridized carbons (Fsp3) is 0.0909. The average molecular weight is 317 g/mol. The van der Waals surface area contributed by atoms with Gasteiger partial charge in [0.1, 0.15) is 0 Å². The van der Waals surface area contributed by atoms with Gasteiger partial charge in [0.2, 0.25) is 5.28 Å². The molecule has 0 bridgehead atoms. The first-order valence-electron chi connectivity index (χ1n) is 4.77. The van der Waals surface area contributed by atoms with Gasteiger partial charge in [0, 0.05) is 10.2 Å². The number of hydrogen-bond donors (Lipinski definition) is 1. The molecule has 0 unspecified atom stereocenters. The van der Waals surface area contributed by atoms with Crippen LogP contribution in [0.15, 0.2) is 28.9 Å². The molecule has 0 aliphatic rings. The number of halogens is 3. The molecule has 0 saturated carbocycles. The van der Waals surface area contributed by atoms with Crippen LogP contribution in [-0.2, 0) is 0 Å². The Bertz CT molecular complexity index is 562. The van der Waals surface area contributed by atoms with Crippen molar-refractivity contribution >= 4 is 39.0 Å². The fourth-order valence-electron chi connectivity index (χ4n) is 1.29. The molecule has 0 atom stereocenters. The average Bonchev–Trinajstić information content (AvgIpc) is 2.29. The van der Waals surface area contributed by atoms with Gasteiger partial charge in [0.15, 0.2) is 11.6 Å². The molecule has 0 aliphatic carbocycles. The Kier molecular flexibility index (Phi) is 3.59.